The molecule has 0 amide bonds. The second kappa shape index (κ2) is 4.30. The molecule has 0 spiro atoms. The van der Waals surface area contributed by atoms with Crippen molar-refractivity contribution in [2.45, 2.75) is 19.8 Å². The first-order valence-corrected chi connectivity index (χ1v) is 5.08. The van der Waals surface area contributed by atoms with Crippen LogP contribution in [-0.2, 0) is 6.42 Å². The Morgan fingerprint density at radius 3 is 2.94 bits per heavy atom. The maximum Gasteiger partial charge on any atom is 0.226 e. The Morgan fingerprint density at radius 1 is 1.44 bits per heavy atom. The number of nitrogens with two attached hydrogens (primary N) is 1. The van der Waals surface area contributed by atoms with Crippen LogP contribution in [-0.4, -0.2) is 10.1 Å². The number of benzene rings is 1. The molecular weight excluding hydrogens is 209 g/mol. The summed E-state index contributed by atoms with van der Waals surface area (Å²) >= 11 is 0. The van der Waals surface area contributed by atoms with Gasteiger partial charge in [0.2, 0.25) is 11.7 Å². The van der Waals surface area contributed by atoms with Crippen molar-refractivity contribution < 1.29 is 8.91 Å². The standard InChI is InChI=1S/C11H12FN3O/c1-2-3-10-14-11(15-16-10)7-4-5-9(13)8(12)6-7/h4-6H,2-3,13H2,1H3. The smallest absolute Gasteiger partial charge is 0.226 e. The van der Waals surface area contributed by atoms with Crippen molar-refractivity contribution in [3.63, 3.8) is 0 Å². The first-order valence-electron chi connectivity index (χ1n) is 5.08. The monoisotopic (exact) mass is 221 g/mol. The summed E-state index contributed by atoms with van der Waals surface area (Å²) in [5.41, 5.74) is 6.06. The number of nitrogens with zero attached hydrogens (tertiary/aromatic N) is 2. The lowest BCUT2D eigenvalue weighted by Gasteiger charge is -1.97. The number of anilines is 1. The largest absolute Gasteiger partial charge is 0.396 e. The van der Waals surface area contributed by atoms with Gasteiger partial charge in [-0.15, -0.1) is 0 Å². The molecule has 1 aromatic heterocycles. The summed E-state index contributed by atoms with van der Waals surface area (Å²) in [5, 5.41) is 3.78. The van der Waals surface area contributed by atoms with Gasteiger partial charge >= 0.3 is 0 Å². The lowest BCUT2D eigenvalue weighted by atomic mass is 10.2. The van der Waals surface area contributed by atoms with Crippen LogP contribution in [0.2, 0.25) is 0 Å². The van der Waals surface area contributed by atoms with E-state index in [0.717, 1.165) is 12.8 Å². The van der Waals surface area contributed by atoms with Crippen LogP contribution in [0.25, 0.3) is 11.4 Å². The van der Waals surface area contributed by atoms with E-state index >= 15 is 0 Å². The van der Waals surface area contributed by atoms with Gasteiger partial charge in [-0.1, -0.05) is 12.1 Å². The molecule has 84 valence electrons. The minimum Gasteiger partial charge on any atom is -0.396 e. The van der Waals surface area contributed by atoms with Crippen LogP contribution in [0.3, 0.4) is 0 Å². The fourth-order valence-electron chi connectivity index (χ4n) is 1.35. The normalized spacial score (nSPS) is 10.6. The molecule has 0 radical (unpaired) electrons. The molecule has 0 unspecified atom stereocenters. The predicted octanol–water partition coefficient (Wildman–Crippen LogP) is 2.41. The van der Waals surface area contributed by atoms with Gasteiger partial charge in [-0.2, -0.15) is 4.98 Å². The first-order chi connectivity index (χ1) is 7.70. The minimum atomic E-state index is -0.473. The Balaban J connectivity index is 2.31. The van der Waals surface area contributed by atoms with Crippen molar-refractivity contribution in [3.8, 4) is 11.4 Å². The number of hydrogen-bond donors (Lipinski definition) is 1. The van der Waals surface area contributed by atoms with Gasteiger partial charge < -0.3 is 10.3 Å². The highest BCUT2D eigenvalue weighted by molar-refractivity contribution is 5.58. The molecule has 1 heterocycles. The highest BCUT2D eigenvalue weighted by Gasteiger charge is 2.09. The van der Waals surface area contributed by atoms with Crippen molar-refractivity contribution in [2.24, 2.45) is 0 Å². The molecule has 0 aliphatic heterocycles. The quantitative estimate of drug-likeness (QED) is 0.808. The van der Waals surface area contributed by atoms with Gasteiger partial charge in [0.05, 0.1) is 5.69 Å². The summed E-state index contributed by atoms with van der Waals surface area (Å²) in [7, 11) is 0. The Bertz CT molecular complexity index is 496. The number of aryl methyl sites for hydroxylation is 1. The number of hydrogen-bond acceptors (Lipinski definition) is 4. The molecule has 16 heavy (non-hydrogen) atoms. The molecule has 0 aliphatic carbocycles. The van der Waals surface area contributed by atoms with Crippen LogP contribution in [0.1, 0.15) is 19.2 Å². The van der Waals surface area contributed by atoms with E-state index < -0.39 is 5.82 Å². The SMILES string of the molecule is CCCc1nc(-c2ccc(N)c(F)c2)no1. The zero-order chi connectivity index (χ0) is 11.5. The summed E-state index contributed by atoms with van der Waals surface area (Å²) in [5.74, 6) is 0.483. The third-order valence-electron chi connectivity index (χ3n) is 2.19. The van der Waals surface area contributed by atoms with Gasteiger partial charge in [-0.3, -0.25) is 0 Å². The van der Waals surface area contributed by atoms with E-state index in [9.17, 15) is 4.39 Å². The zero-order valence-electron chi connectivity index (χ0n) is 8.90. The van der Waals surface area contributed by atoms with Crippen LogP contribution in [0, 0.1) is 5.82 Å². The molecule has 2 N–H and O–H groups in total. The Kier molecular flexibility index (Phi) is 2.85. The summed E-state index contributed by atoms with van der Waals surface area (Å²) in [6.45, 7) is 2.02. The van der Waals surface area contributed by atoms with E-state index in [2.05, 4.69) is 10.1 Å². The van der Waals surface area contributed by atoms with Gasteiger partial charge in [0, 0.05) is 12.0 Å². The lowest BCUT2D eigenvalue weighted by molar-refractivity contribution is 0.378. The number of halogens is 1. The lowest BCUT2D eigenvalue weighted by Crippen LogP contribution is -1.91. The molecule has 2 aromatic rings. The molecule has 0 atom stereocenters. The van der Waals surface area contributed by atoms with Crippen molar-refractivity contribution >= 4 is 5.69 Å². The average molecular weight is 221 g/mol. The van der Waals surface area contributed by atoms with Gasteiger partial charge in [-0.05, 0) is 24.6 Å². The summed E-state index contributed by atoms with van der Waals surface area (Å²) < 4.78 is 18.2. The van der Waals surface area contributed by atoms with E-state index in [0.29, 0.717) is 17.3 Å². The number of nitrogen functional groups attached to an aromatic ring is 1. The second-order valence-electron chi connectivity index (χ2n) is 3.50. The van der Waals surface area contributed by atoms with Gasteiger partial charge in [-0.25, -0.2) is 4.39 Å². The van der Waals surface area contributed by atoms with Crippen molar-refractivity contribution in [1.29, 1.82) is 0 Å². The Labute approximate surface area is 92.3 Å². The highest BCUT2D eigenvalue weighted by atomic mass is 19.1. The maximum absolute atomic E-state index is 13.2. The summed E-state index contributed by atoms with van der Waals surface area (Å²) in [4.78, 5) is 4.16. The van der Waals surface area contributed by atoms with Gasteiger partial charge in [0.25, 0.3) is 0 Å². The summed E-state index contributed by atoms with van der Waals surface area (Å²) in [6.07, 6.45) is 1.65. The van der Waals surface area contributed by atoms with Crippen molar-refractivity contribution in [3.05, 3.63) is 29.9 Å². The average Bonchev–Trinajstić information content (AvgIpc) is 2.71. The van der Waals surface area contributed by atoms with E-state index in [1.54, 1.807) is 6.07 Å². The van der Waals surface area contributed by atoms with E-state index in [-0.39, 0.29) is 5.69 Å². The van der Waals surface area contributed by atoms with Crippen LogP contribution in [0.5, 0.6) is 0 Å². The van der Waals surface area contributed by atoms with Crippen LogP contribution >= 0.6 is 0 Å². The summed E-state index contributed by atoms with van der Waals surface area (Å²) in [6, 6.07) is 4.45. The van der Waals surface area contributed by atoms with Crippen molar-refractivity contribution in [1.82, 2.24) is 10.1 Å². The zero-order valence-corrected chi connectivity index (χ0v) is 8.90. The van der Waals surface area contributed by atoms with Crippen LogP contribution in [0.4, 0.5) is 10.1 Å². The highest BCUT2D eigenvalue weighted by Crippen LogP contribution is 2.20. The van der Waals surface area contributed by atoms with E-state index in [4.69, 9.17) is 10.3 Å². The topological polar surface area (TPSA) is 64.9 Å². The molecule has 0 bridgehead atoms. The number of aromatic nitrogens is 2. The maximum atomic E-state index is 13.2. The molecular formula is C11H12FN3O. The van der Waals surface area contributed by atoms with E-state index in [1.165, 1.54) is 12.1 Å². The fraction of sp³-hybridized carbons (Fsp3) is 0.273. The predicted molar refractivity (Wildman–Crippen MR) is 58.1 cm³/mol. The second-order valence-corrected chi connectivity index (χ2v) is 3.50. The third-order valence-corrected chi connectivity index (χ3v) is 2.19. The van der Waals surface area contributed by atoms with Crippen molar-refractivity contribution in [2.75, 3.05) is 5.73 Å². The molecule has 1 aromatic carbocycles. The Morgan fingerprint density at radius 2 is 2.25 bits per heavy atom. The van der Waals surface area contributed by atoms with Gasteiger partial charge in [0.15, 0.2) is 0 Å². The molecule has 0 saturated heterocycles. The molecule has 0 aliphatic rings. The fourth-order valence-corrected chi connectivity index (χ4v) is 1.35. The number of rotatable bonds is 3. The van der Waals surface area contributed by atoms with Crippen LogP contribution < -0.4 is 5.73 Å². The van der Waals surface area contributed by atoms with E-state index in [1.807, 2.05) is 6.92 Å². The molecule has 4 nitrogen and oxygen atoms in total. The van der Waals surface area contributed by atoms with Crippen LogP contribution in [0.15, 0.2) is 22.7 Å². The minimum absolute atomic E-state index is 0.112. The first kappa shape index (κ1) is 10.6. The third kappa shape index (κ3) is 2.03. The Hall–Kier alpha value is -1.91. The molecule has 5 heteroatoms. The molecule has 0 fully saturated rings. The molecule has 2 rings (SSSR count). The van der Waals surface area contributed by atoms with Gasteiger partial charge in [0.1, 0.15) is 5.82 Å². The molecule has 0 saturated carbocycles.